The maximum absolute atomic E-state index is 14.0. The van der Waals surface area contributed by atoms with Crippen LogP contribution in [0.15, 0.2) is 65.6 Å². The van der Waals surface area contributed by atoms with Gasteiger partial charge in [0.1, 0.15) is 17.5 Å². The average molecular weight is 535 g/mol. The number of rotatable bonds is 7. The lowest BCUT2D eigenvalue weighted by atomic mass is 10.0. The molecule has 1 N–H and O–H groups in total. The maximum atomic E-state index is 14.0. The minimum absolute atomic E-state index is 0.00905. The number of carboxylic acid groups (broad SMARTS) is 1. The van der Waals surface area contributed by atoms with Gasteiger partial charge in [-0.2, -0.15) is 4.31 Å². The summed E-state index contributed by atoms with van der Waals surface area (Å²) >= 11 is 6.62. The number of nitrogens with zero attached hydrogens (tertiary/aromatic N) is 2. The molecule has 0 amide bonds. The molecule has 4 rings (SSSR count). The third-order valence-electron chi connectivity index (χ3n) is 5.99. The van der Waals surface area contributed by atoms with Gasteiger partial charge in [-0.1, -0.05) is 35.9 Å². The van der Waals surface area contributed by atoms with Crippen LogP contribution in [0.4, 0.5) is 15.8 Å². The van der Waals surface area contributed by atoms with E-state index in [9.17, 15) is 22.7 Å². The second-order valence-corrected chi connectivity index (χ2v) is 10.6. The maximum Gasteiger partial charge on any atom is 0.338 e. The standard InChI is InChI=1S/C25H24ClFN2O6S/c1-28-18(14-35-15-34-2)13-29(17-6-4-3-5-7-17)23-12-21(26)19(11-24(23)36(28,32)33)16-8-9-22(27)20(10-16)25(30)31/h3-12,18H,13-15H2,1-2H3,(H,30,31)/t18-/m0/s1. The van der Waals surface area contributed by atoms with E-state index in [2.05, 4.69) is 0 Å². The molecule has 0 saturated carbocycles. The van der Waals surface area contributed by atoms with Crippen molar-refractivity contribution in [2.45, 2.75) is 10.9 Å². The van der Waals surface area contributed by atoms with E-state index in [1.165, 1.54) is 36.7 Å². The number of methoxy groups -OCH3 is 1. The average Bonchev–Trinajstić information content (AvgIpc) is 2.93. The van der Waals surface area contributed by atoms with E-state index in [0.717, 1.165) is 17.8 Å². The molecular weight excluding hydrogens is 511 g/mol. The first kappa shape index (κ1) is 26.1. The van der Waals surface area contributed by atoms with Crippen LogP contribution in [-0.2, 0) is 19.5 Å². The SMILES string of the molecule is COCOC[C@@H]1CN(c2ccccc2)c2cc(Cl)c(-c3ccc(F)c(C(=O)O)c3)cc2S(=O)(=O)N1C. The number of benzene rings is 3. The van der Waals surface area contributed by atoms with Crippen molar-refractivity contribution in [3.05, 3.63) is 77.1 Å². The number of para-hydroxylation sites is 1. The molecule has 1 aliphatic heterocycles. The van der Waals surface area contributed by atoms with Crippen LogP contribution in [0.2, 0.25) is 5.02 Å². The van der Waals surface area contributed by atoms with Gasteiger partial charge >= 0.3 is 5.97 Å². The van der Waals surface area contributed by atoms with Crippen molar-refractivity contribution in [3.8, 4) is 11.1 Å². The van der Waals surface area contributed by atoms with Crippen molar-refractivity contribution in [2.24, 2.45) is 0 Å². The second kappa shape index (κ2) is 10.5. The van der Waals surface area contributed by atoms with E-state index >= 15 is 0 Å². The molecule has 1 heterocycles. The molecular formula is C25H24ClFN2O6S. The van der Waals surface area contributed by atoms with Crippen LogP contribution in [0.3, 0.4) is 0 Å². The Bertz CT molecular complexity index is 1390. The molecule has 0 unspecified atom stereocenters. The van der Waals surface area contributed by atoms with Crippen molar-refractivity contribution in [2.75, 3.05) is 39.0 Å². The minimum Gasteiger partial charge on any atom is -0.478 e. The van der Waals surface area contributed by atoms with Gasteiger partial charge in [0.25, 0.3) is 0 Å². The molecule has 1 atom stereocenters. The Morgan fingerprint density at radius 3 is 2.56 bits per heavy atom. The monoisotopic (exact) mass is 534 g/mol. The van der Waals surface area contributed by atoms with E-state index in [1.54, 1.807) is 0 Å². The second-order valence-electron chi connectivity index (χ2n) is 8.20. The third-order valence-corrected chi connectivity index (χ3v) is 8.24. The zero-order valence-electron chi connectivity index (χ0n) is 19.5. The fourth-order valence-corrected chi connectivity index (χ4v) is 5.89. The normalized spacial score (nSPS) is 17.4. The molecule has 0 spiro atoms. The Morgan fingerprint density at radius 2 is 1.89 bits per heavy atom. The molecule has 0 bridgehead atoms. The fraction of sp³-hybridized carbons (Fsp3) is 0.240. The quantitative estimate of drug-likeness (QED) is 0.349. The van der Waals surface area contributed by atoms with Gasteiger partial charge in [0, 0.05) is 32.0 Å². The Morgan fingerprint density at radius 1 is 1.17 bits per heavy atom. The van der Waals surface area contributed by atoms with Crippen LogP contribution in [0.5, 0.6) is 0 Å². The summed E-state index contributed by atoms with van der Waals surface area (Å²) in [4.78, 5) is 13.3. The van der Waals surface area contributed by atoms with Gasteiger partial charge in [-0.15, -0.1) is 0 Å². The Kier molecular flexibility index (Phi) is 7.62. The molecule has 1 aliphatic rings. The van der Waals surface area contributed by atoms with Gasteiger partial charge in [-0.05, 0) is 42.0 Å². The van der Waals surface area contributed by atoms with Crippen LogP contribution >= 0.6 is 11.6 Å². The van der Waals surface area contributed by atoms with Gasteiger partial charge in [0.15, 0.2) is 0 Å². The van der Waals surface area contributed by atoms with Gasteiger partial charge in [-0.25, -0.2) is 17.6 Å². The zero-order valence-corrected chi connectivity index (χ0v) is 21.1. The van der Waals surface area contributed by atoms with Crippen molar-refractivity contribution in [3.63, 3.8) is 0 Å². The van der Waals surface area contributed by atoms with E-state index < -0.39 is 33.4 Å². The molecule has 36 heavy (non-hydrogen) atoms. The van der Waals surface area contributed by atoms with Crippen LogP contribution in [-0.4, -0.2) is 63.9 Å². The number of anilines is 2. The van der Waals surface area contributed by atoms with Gasteiger partial charge in [0.05, 0.1) is 28.9 Å². The first-order valence-electron chi connectivity index (χ1n) is 10.9. The van der Waals surface area contributed by atoms with E-state index in [1.807, 2.05) is 35.2 Å². The van der Waals surface area contributed by atoms with Crippen molar-refractivity contribution >= 4 is 39.0 Å². The lowest BCUT2D eigenvalue weighted by molar-refractivity contribution is -0.0419. The summed E-state index contributed by atoms with van der Waals surface area (Å²) in [5.41, 5.74) is 1.10. The number of fused-ring (bicyclic) bond motifs is 1. The number of ether oxygens (including phenoxy) is 2. The Labute approximate surface area is 213 Å². The summed E-state index contributed by atoms with van der Waals surface area (Å²) in [7, 11) is -1.09. The van der Waals surface area contributed by atoms with E-state index in [4.69, 9.17) is 21.1 Å². The van der Waals surface area contributed by atoms with Gasteiger partial charge in [0.2, 0.25) is 10.0 Å². The van der Waals surface area contributed by atoms with E-state index in [-0.39, 0.29) is 41.0 Å². The minimum atomic E-state index is -4.04. The molecule has 190 valence electrons. The first-order chi connectivity index (χ1) is 17.1. The number of likely N-dealkylation sites (N-methyl/N-ethyl adjacent to an activating group) is 1. The molecule has 0 radical (unpaired) electrons. The molecule has 3 aromatic rings. The smallest absolute Gasteiger partial charge is 0.338 e. The van der Waals surface area contributed by atoms with E-state index in [0.29, 0.717) is 5.69 Å². The topological polar surface area (TPSA) is 96.4 Å². The largest absolute Gasteiger partial charge is 0.478 e. The van der Waals surface area contributed by atoms with Crippen LogP contribution in [0, 0.1) is 5.82 Å². The summed E-state index contributed by atoms with van der Waals surface area (Å²) in [6, 6.07) is 15.1. The molecule has 0 fully saturated rings. The van der Waals surface area contributed by atoms with Gasteiger partial charge < -0.3 is 19.5 Å². The molecule has 8 nitrogen and oxygen atoms in total. The highest BCUT2D eigenvalue weighted by atomic mass is 35.5. The summed E-state index contributed by atoms with van der Waals surface area (Å²) < 4.78 is 53.3. The Balaban J connectivity index is 1.91. The van der Waals surface area contributed by atoms with Crippen LogP contribution < -0.4 is 4.90 Å². The molecule has 11 heteroatoms. The fourth-order valence-electron chi connectivity index (χ4n) is 4.09. The van der Waals surface area contributed by atoms with Crippen molar-refractivity contribution in [1.29, 1.82) is 0 Å². The lowest BCUT2D eigenvalue weighted by Gasteiger charge is -2.29. The highest BCUT2D eigenvalue weighted by Crippen LogP contribution is 2.42. The number of carbonyl (C=O) groups is 1. The predicted octanol–water partition coefficient (Wildman–Crippen LogP) is 4.61. The molecule has 3 aromatic carbocycles. The molecule has 0 aliphatic carbocycles. The zero-order chi connectivity index (χ0) is 26.0. The molecule has 0 saturated heterocycles. The summed E-state index contributed by atoms with van der Waals surface area (Å²) in [6.45, 7) is 0.363. The molecule has 0 aromatic heterocycles. The number of sulfonamides is 1. The van der Waals surface area contributed by atoms with Crippen LogP contribution in [0.1, 0.15) is 10.4 Å². The third kappa shape index (κ3) is 4.95. The summed E-state index contributed by atoms with van der Waals surface area (Å²) in [6.07, 6.45) is 0. The highest BCUT2D eigenvalue weighted by molar-refractivity contribution is 7.89. The lowest BCUT2D eigenvalue weighted by Crippen LogP contribution is -2.44. The van der Waals surface area contributed by atoms with Gasteiger partial charge in [-0.3, -0.25) is 0 Å². The van der Waals surface area contributed by atoms with Crippen molar-refractivity contribution < 1.29 is 32.2 Å². The Hall–Kier alpha value is -3.02. The number of hydrogen-bond donors (Lipinski definition) is 1. The number of hydrogen-bond acceptors (Lipinski definition) is 6. The summed E-state index contributed by atoms with van der Waals surface area (Å²) in [5.74, 6) is -2.35. The number of halogens is 2. The summed E-state index contributed by atoms with van der Waals surface area (Å²) in [5, 5.41) is 9.51. The highest BCUT2D eigenvalue weighted by Gasteiger charge is 2.38. The van der Waals surface area contributed by atoms with Crippen LogP contribution in [0.25, 0.3) is 11.1 Å². The number of aromatic carboxylic acids is 1. The van der Waals surface area contributed by atoms with Crippen molar-refractivity contribution in [1.82, 2.24) is 4.31 Å². The first-order valence-corrected chi connectivity index (χ1v) is 12.7. The number of carboxylic acids is 1. The predicted molar refractivity (Wildman–Crippen MR) is 134 cm³/mol.